The minimum atomic E-state index is -0.0958. The first-order valence-corrected chi connectivity index (χ1v) is 9.28. The van der Waals surface area contributed by atoms with Crippen LogP contribution in [0.4, 0.5) is 0 Å². The molecular formula is C19H30N6. The number of hydrogen-bond acceptors (Lipinski definition) is 5. The van der Waals surface area contributed by atoms with Crippen LogP contribution in [0.25, 0.3) is 0 Å². The van der Waals surface area contributed by atoms with E-state index in [9.17, 15) is 0 Å². The maximum absolute atomic E-state index is 4.36. The highest BCUT2D eigenvalue weighted by molar-refractivity contribution is 5.14. The highest BCUT2D eigenvalue weighted by Gasteiger charge is 2.30. The zero-order chi connectivity index (χ0) is 17.9. The molecule has 2 heterocycles. The van der Waals surface area contributed by atoms with Crippen LogP contribution in [0, 0.1) is 0 Å². The summed E-state index contributed by atoms with van der Waals surface area (Å²) in [4.78, 5) is 5.07. The van der Waals surface area contributed by atoms with Crippen molar-refractivity contribution < 1.29 is 0 Å². The van der Waals surface area contributed by atoms with Crippen LogP contribution in [-0.2, 0) is 12.1 Å². The third-order valence-corrected chi connectivity index (χ3v) is 4.91. The van der Waals surface area contributed by atoms with E-state index < -0.39 is 0 Å². The molecule has 1 aromatic heterocycles. The summed E-state index contributed by atoms with van der Waals surface area (Å²) >= 11 is 0. The molecular weight excluding hydrogens is 312 g/mol. The van der Waals surface area contributed by atoms with Crippen LogP contribution in [0.2, 0.25) is 0 Å². The van der Waals surface area contributed by atoms with Gasteiger partial charge in [-0.05, 0) is 43.2 Å². The minimum absolute atomic E-state index is 0.0958. The molecule has 1 fully saturated rings. The zero-order valence-electron chi connectivity index (χ0n) is 15.9. The van der Waals surface area contributed by atoms with Crippen LogP contribution in [0.5, 0.6) is 0 Å². The molecule has 0 N–H and O–H groups in total. The Labute approximate surface area is 150 Å². The first kappa shape index (κ1) is 18.0. The quantitative estimate of drug-likeness (QED) is 0.836. The molecule has 6 nitrogen and oxygen atoms in total. The molecule has 136 valence electrons. The average Bonchev–Trinajstić information content (AvgIpc) is 3.08. The fourth-order valence-electron chi connectivity index (χ4n) is 3.56. The summed E-state index contributed by atoms with van der Waals surface area (Å²) in [6, 6.07) is 11.0. The van der Waals surface area contributed by atoms with Crippen molar-refractivity contribution in [3.8, 4) is 0 Å². The highest BCUT2D eigenvalue weighted by Crippen LogP contribution is 2.26. The fourth-order valence-corrected chi connectivity index (χ4v) is 3.56. The monoisotopic (exact) mass is 342 g/mol. The lowest BCUT2D eigenvalue weighted by molar-refractivity contribution is 0.0819. The topological polar surface area (TPSA) is 50.1 Å². The van der Waals surface area contributed by atoms with E-state index in [4.69, 9.17) is 0 Å². The van der Waals surface area contributed by atoms with Gasteiger partial charge in [0.15, 0.2) is 5.82 Å². The molecule has 0 saturated carbocycles. The number of piperazine rings is 1. The van der Waals surface area contributed by atoms with Crippen LogP contribution >= 0.6 is 0 Å². The second kappa shape index (κ2) is 7.62. The lowest BCUT2D eigenvalue weighted by Gasteiger charge is -2.39. The SMILES string of the molecule is CC[C@@H](c1nnnn1C(C)(C)C)N1CCN(Cc2ccccc2)CC1. The van der Waals surface area contributed by atoms with Crippen molar-refractivity contribution >= 4 is 0 Å². The third-order valence-electron chi connectivity index (χ3n) is 4.91. The van der Waals surface area contributed by atoms with Crippen LogP contribution in [0.15, 0.2) is 30.3 Å². The molecule has 0 aliphatic carbocycles. The summed E-state index contributed by atoms with van der Waals surface area (Å²) < 4.78 is 1.98. The Kier molecular flexibility index (Phi) is 5.49. The molecule has 0 radical (unpaired) electrons. The molecule has 0 bridgehead atoms. The maximum atomic E-state index is 4.36. The first-order valence-electron chi connectivity index (χ1n) is 9.28. The lowest BCUT2D eigenvalue weighted by atomic mass is 10.1. The second-order valence-corrected chi connectivity index (χ2v) is 7.84. The number of aromatic nitrogens is 4. The summed E-state index contributed by atoms with van der Waals surface area (Å²) in [6.07, 6.45) is 1.02. The van der Waals surface area contributed by atoms with Gasteiger partial charge in [-0.1, -0.05) is 37.3 Å². The Balaban J connectivity index is 1.64. The fraction of sp³-hybridized carbons (Fsp3) is 0.632. The van der Waals surface area contributed by atoms with Gasteiger partial charge in [-0.2, -0.15) is 0 Å². The third kappa shape index (κ3) is 4.25. The van der Waals surface area contributed by atoms with Gasteiger partial charge in [0.05, 0.1) is 11.6 Å². The molecule has 1 aliphatic rings. The van der Waals surface area contributed by atoms with E-state index in [0.717, 1.165) is 45.0 Å². The molecule has 25 heavy (non-hydrogen) atoms. The van der Waals surface area contributed by atoms with Gasteiger partial charge in [0.25, 0.3) is 0 Å². The van der Waals surface area contributed by atoms with Gasteiger partial charge >= 0.3 is 0 Å². The average molecular weight is 342 g/mol. The Morgan fingerprint density at radius 3 is 2.32 bits per heavy atom. The normalized spacial score (nSPS) is 18.4. The van der Waals surface area contributed by atoms with E-state index in [-0.39, 0.29) is 11.6 Å². The Morgan fingerprint density at radius 1 is 1.04 bits per heavy atom. The van der Waals surface area contributed by atoms with Gasteiger partial charge in [-0.3, -0.25) is 9.80 Å². The number of rotatable bonds is 5. The maximum Gasteiger partial charge on any atom is 0.168 e. The van der Waals surface area contributed by atoms with Gasteiger partial charge in [-0.15, -0.1) is 5.10 Å². The summed E-state index contributed by atoms with van der Waals surface area (Å²) in [6.45, 7) is 14.0. The van der Waals surface area contributed by atoms with Crippen LogP contribution in [0.3, 0.4) is 0 Å². The molecule has 1 atom stereocenters. The van der Waals surface area contributed by atoms with Crippen LogP contribution in [0.1, 0.15) is 51.5 Å². The van der Waals surface area contributed by atoms with Gasteiger partial charge in [0, 0.05) is 32.7 Å². The molecule has 3 rings (SSSR count). The molecule has 0 spiro atoms. The number of tetrazole rings is 1. The number of benzene rings is 1. The van der Waals surface area contributed by atoms with Crippen LogP contribution in [-0.4, -0.2) is 56.2 Å². The molecule has 2 aromatic rings. The molecule has 1 aromatic carbocycles. The molecule has 1 saturated heterocycles. The predicted octanol–water partition coefficient (Wildman–Crippen LogP) is 2.70. The number of hydrogen-bond donors (Lipinski definition) is 0. The Bertz CT molecular complexity index is 652. The highest BCUT2D eigenvalue weighted by atomic mass is 15.6. The number of nitrogens with zero attached hydrogens (tertiary/aromatic N) is 6. The molecule has 0 amide bonds. The van der Waals surface area contributed by atoms with Crippen molar-refractivity contribution in [1.82, 2.24) is 30.0 Å². The molecule has 0 unspecified atom stereocenters. The molecule has 6 heteroatoms. The van der Waals surface area contributed by atoms with Crippen molar-refractivity contribution in [3.05, 3.63) is 41.7 Å². The standard InChI is InChI=1S/C19H30N6/c1-5-17(18-20-21-22-25(18)19(2,3)4)24-13-11-23(12-14-24)15-16-9-7-6-8-10-16/h6-10,17H,5,11-15H2,1-4H3/t17-/m0/s1. The Hall–Kier alpha value is -1.79. The van der Waals surface area contributed by atoms with E-state index in [2.05, 4.69) is 83.4 Å². The summed E-state index contributed by atoms with van der Waals surface area (Å²) in [7, 11) is 0. The zero-order valence-corrected chi connectivity index (χ0v) is 15.9. The van der Waals surface area contributed by atoms with E-state index in [1.54, 1.807) is 0 Å². The molecule has 1 aliphatic heterocycles. The van der Waals surface area contributed by atoms with Crippen molar-refractivity contribution in [2.24, 2.45) is 0 Å². The van der Waals surface area contributed by atoms with Crippen molar-refractivity contribution in [2.75, 3.05) is 26.2 Å². The van der Waals surface area contributed by atoms with Crippen LogP contribution < -0.4 is 0 Å². The van der Waals surface area contributed by atoms with E-state index in [0.29, 0.717) is 0 Å². The van der Waals surface area contributed by atoms with E-state index in [1.165, 1.54) is 5.56 Å². The van der Waals surface area contributed by atoms with Crippen molar-refractivity contribution in [1.29, 1.82) is 0 Å². The Morgan fingerprint density at radius 2 is 1.72 bits per heavy atom. The van der Waals surface area contributed by atoms with Crippen molar-refractivity contribution in [3.63, 3.8) is 0 Å². The van der Waals surface area contributed by atoms with Gasteiger partial charge in [-0.25, -0.2) is 4.68 Å². The largest absolute Gasteiger partial charge is 0.297 e. The van der Waals surface area contributed by atoms with Gasteiger partial charge < -0.3 is 0 Å². The van der Waals surface area contributed by atoms with E-state index >= 15 is 0 Å². The minimum Gasteiger partial charge on any atom is -0.297 e. The smallest absolute Gasteiger partial charge is 0.168 e. The predicted molar refractivity (Wildman–Crippen MR) is 99.1 cm³/mol. The summed E-state index contributed by atoms with van der Waals surface area (Å²) in [5.41, 5.74) is 1.29. The van der Waals surface area contributed by atoms with Crippen molar-refractivity contribution in [2.45, 2.75) is 52.2 Å². The van der Waals surface area contributed by atoms with Gasteiger partial charge in [0.1, 0.15) is 0 Å². The first-order chi connectivity index (χ1) is 12.0. The lowest BCUT2D eigenvalue weighted by Crippen LogP contribution is -2.48. The van der Waals surface area contributed by atoms with E-state index in [1.807, 2.05) is 4.68 Å². The van der Waals surface area contributed by atoms with Gasteiger partial charge in [0.2, 0.25) is 0 Å². The summed E-state index contributed by atoms with van der Waals surface area (Å²) in [5.74, 6) is 0.992. The summed E-state index contributed by atoms with van der Waals surface area (Å²) in [5, 5.41) is 12.6. The second-order valence-electron chi connectivity index (χ2n) is 7.84.